The Labute approximate surface area is 121 Å². The Morgan fingerprint density at radius 2 is 2.00 bits per heavy atom. The van der Waals surface area contributed by atoms with Crippen LogP contribution in [-0.4, -0.2) is 16.6 Å². The minimum absolute atomic E-state index is 0.237. The Kier molecular flexibility index (Phi) is 4.45. The molecule has 0 unspecified atom stereocenters. The molecule has 0 aliphatic carbocycles. The normalized spacial score (nSPS) is 10.5. The predicted molar refractivity (Wildman–Crippen MR) is 77.7 cm³/mol. The largest absolute Gasteiger partial charge is 0.492 e. The summed E-state index contributed by atoms with van der Waals surface area (Å²) < 4.78 is 5.52. The van der Waals surface area contributed by atoms with Crippen molar-refractivity contribution in [2.75, 3.05) is 12.3 Å². The third-order valence-electron chi connectivity index (χ3n) is 2.42. The van der Waals surface area contributed by atoms with Gasteiger partial charge in [-0.2, -0.15) is 0 Å². The zero-order valence-electron chi connectivity index (χ0n) is 10.4. The summed E-state index contributed by atoms with van der Waals surface area (Å²) in [4.78, 5) is 8.29. The van der Waals surface area contributed by atoms with Gasteiger partial charge in [0.2, 0.25) is 0 Å². The Morgan fingerprint density at radius 1 is 1.21 bits per heavy atom. The van der Waals surface area contributed by atoms with Gasteiger partial charge in [0.05, 0.1) is 28.5 Å². The van der Waals surface area contributed by atoms with Crippen LogP contribution in [0.1, 0.15) is 13.3 Å². The average molecular weight is 298 g/mol. The van der Waals surface area contributed by atoms with Crippen LogP contribution < -0.4 is 10.5 Å². The maximum Gasteiger partial charge on any atom is 0.143 e. The summed E-state index contributed by atoms with van der Waals surface area (Å²) in [6, 6.07) is 3.39. The first-order valence-electron chi connectivity index (χ1n) is 5.81. The third-order valence-corrected chi connectivity index (χ3v) is 3.01. The Balaban J connectivity index is 2.38. The number of nitrogens with two attached hydrogens (primary N) is 1. The molecule has 0 saturated carbocycles. The molecule has 4 nitrogen and oxygen atoms in total. The first-order chi connectivity index (χ1) is 9.11. The summed E-state index contributed by atoms with van der Waals surface area (Å²) in [5.41, 5.74) is 6.97. The molecule has 2 heterocycles. The van der Waals surface area contributed by atoms with Crippen molar-refractivity contribution in [1.82, 2.24) is 9.97 Å². The number of aromatic nitrogens is 2. The van der Waals surface area contributed by atoms with E-state index >= 15 is 0 Å². The molecule has 2 aromatic rings. The van der Waals surface area contributed by atoms with Crippen molar-refractivity contribution in [3.05, 3.63) is 34.6 Å². The van der Waals surface area contributed by atoms with Gasteiger partial charge in [0, 0.05) is 11.8 Å². The Bertz CT molecular complexity index is 590. The number of pyridine rings is 2. The van der Waals surface area contributed by atoms with E-state index in [0.717, 1.165) is 12.0 Å². The fraction of sp³-hybridized carbons (Fsp3) is 0.231. The van der Waals surface area contributed by atoms with Gasteiger partial charge in [-0.3, -0.25) is 4.98 Å². The molecule has 0 amide bonds. The molecule has 2 rings (SSSR count). The first-order valence-corrected chi connectivity index (χ1v) is 6.57. The van der Waals surface area contributed by atoms with E-state index in [0.29, 0.717) is 28.1 Å². The summed E-state index contributed by atoms with van der Waals surface area (Å²) in [6.45, 7) is 2.67. The van der Waals surface area contributed by atoms with E-state index in [9.17, 15) is 0 Å². The summed E-state index contributed by atoms with van der Waals surface area (Å²) in [5.74, 6) is 0.909. The molecule has 6 heteroatoms. The van der Waals surface area contributed by atoms with Crippen LogP contribution >= 0.6 is 23.2 Å². The standard InChI is InChI=1S/C13H13Cl2N3O/c1-2-3-19-9-4-8(6-17-7-9)12-10(14)5-11(15)13(16)18-12/h4-7H,2-3H2,1H3,(H2,16,18). The second-order valence-corrected chi connectivity index (χ2v) is 4.76. The highest BCUT2D eigenvalue weighted by Gasteiger charge is 2.10. The number of hydrogen-bond acceptors (Lipinski definition) is 4. The zero-order chi connectivity index (χ0) is 13.8. The van der Waals surface area contributed by atoms with Crippen molar-refractivity contribution in [2.24, 2.45) is 0 Å². The van der Waals surface area contributed by atoms with E-state index < -0.39 is 0 Å². The molecule has 0 saturated heterocycles. The highest BCUT2D eigenvalue weighted by molar-refractivity contribution is 6.37. The fourth-order valence-corrected chi connectivity index (χ4v) is 2.00. The second kappa shape index (κ2) is 6.08. The highest BCUT2D eigenvalue weighted by atomic mass is 35.5. The van der Waals surface area contributed by atoms with Gasteiger partial charge in [-0.1, -0.05) is 30.1 Å². The molecule has 0 bridgehead atoms. The minimum Gasteiger partial charge on any atom is -0.492 e. The number of nitrogens with zero attached hydrogens (tertiary/aromatic N) is 2. The molecule has 0 aliphatic rings. The van der Waals surface area contributed by atoms with Crippen molar-refractivity contribution in [1.29, 1.82) is 0 Å². The van der Waals surface area contributed by atoms with Crippen LogP contribution in [0.3, 0.4) is 0 Å². The minimum atomic E-state index is 0.237. The molecule has 2 N–H and O–H groups in total. The molecule has 2 aromatic heterocycles. The van der Waals surface area contributed by atoms with Crippen molar-refractivity contribution < 1.29 is 4.74 Å². The maximum absolute atomic E-state index is 6.12. The monoisotopic (exact) mass is 297 g/mol. The average Bonchev–Trinajstić information content (AvgIpc) is 2.41. The number of hydrogen-bond donors (Lipinski definition) is 1. The maximum atomic E-state index is 6.12. The SMILES string of the molecule is CCCOc1cncc(-c2nc(N)c(Cl)cc2Cl)c1. The number of anilines is 1. The number of ether oxygens (including phenoxy) is 1. The van der Waals surface area contributed by atoms with Crippen LogP contribution in [0.15, 0.2) is 24.5 Å². The number of rotatable bonds is 4. The van der Waals surface area contributed by atoms with Crippen molar-refractivity contribution >= 4 is 29.0 Å². The summed E-state index contributed by atoms with van der Waals surface area (Å²) >= 11 is 12.0. The summed E-state index contributed by atoms with van der Waals surface area (Å²) in [5, 5.41) is 0.758. The summed E-state index contributed by atoms with van der Waals surface area (Å²) in [7, 11) is 0. The van der Waals surface area contributed by atoms with E-state index in [1.54, 1.807) is 18.5 Å². The van der Waals surface area contributed by atoms with E-state index in [1.807, 2.05) is 13.0 Å². The van der Waals surface area contributed by atoms with E-state index in [4.69, 9.17) is 33.7 Å². The topological polar surface area (TPSA) is 61.0 Å². The molecule has 0 spiro atoms. The zero-order valence-corrected chi connectivity index (χ0v) is 11.9. The molecule has 0 aromatic carbocycles. The van der Waals surface area contributed by atoms with Crippen LogP contribution in [0.2, 0.25) is 10.0 Å². The second-order valence-electron chi connectivity index (χ2n) is 3.94. The van der Waals surface area contributed by atoms with Crippen molar-refractivity contribution in [3.8, 4) is 17.0 Å². The van der Waals surface area contributed by atoms with E-state index in [2.05, 4.69) is 9.97 Å². The summed E-state index contributed by atoms with van der Waals surface area (Å²) in [6.07, 6.45) is 4.23. The third kappa shape index (κ3) is 3.28. The van der Waals surface area contributed by atoms with Crippen molar-refractivity contribution in [2.45, 2.75) is 13.3 Å². The lowest BCUT2D eigenvalue weighted by molar-refractivity contribution is 0.316. The van der Waals surface area contributed by atoms with Crippen LogP contribution in [0, 0.1) is 0 Å². The molecular formula is C13H13Cl2N3O. The lowest BCUT2D eigenvalue weighted by Gasteiger charge is -2.08. The van der Waals surface area contributed by atoms with E-state index in [-0.39, 0.29) is 5.82 Å². The highest BCUT2D eigenvalue weighted by Crippen LogP contribution is 2.32. The van der Waals surface area contributed by atoms with Crippen LogP contribution in [0.25, 0.3) is 11.3 Å². The lowest BCUT2D eigenvalue weighted by atomic mass is 10.2. The Morgan fingerprint density at radius 3 is 2.74 bits per heavy atom. The van der Waals surface area contributed by atoms with Gasteiger partial charge in [0.15, 0.2) is 0 Å². The molecule has 100 valence electrons. The molecule has 19 heavy (non-hydrogen) atoms. The van der Waals surface area contributed by atoms with Crippen LogP contribution in [-0.2, 0) is 0 Å². The van der Waals surface area contributed by atoms with Gasteiger partial charge < -0.3 is 10.5 Å². The van der Waals surface area contributed by atoms with Crippen molar-refractivity contribution in [3.63, 3.8) is 0 Å². The van der Waals surface area contributed by atoms with Gasteiger partial charge in [0.25, 0.3) is 0 Å². The molecular weight excluding hydrogens is 285 g/mol. The van der Waals surface area contributed by atoms with Gasteiger partial charge in [-0.05, 0) is 18.6 Å². The molecule has 0 fully saturated rings. The Hall–Kier alpha value is -1.52. The van der Waals surface area contributed by atoms with Gasteiger partial charge in [-0.25, -0.2) is 4.98 Å². The van der Waals surface area contributed by atoms with Crippen LogP contribution in [0.4, 0.5) is 5.82 Å². The molecule has 0 aliphatic heterocycles. The predicted octanol–water partition coefficient (Wildman–Crippen LogP) is 3.82. The molecule has 0 radical (unpaired) electrons. The van der Waals surface area contributed by atoms with Crippen LogP contribution in [0.5, 0.6) is 5.75 Å². The first kappa shape index (κ1) is 13.9. The number of halogens is 2. The molecule has 0 atom stereocenters. The smallest absolute Gasteiger partial charge is 0.143 e. The van der Waals surface area contributed by atoms with Gasteiger partial charge in [-0.15, -0.1) is 0 Å². The van der Waals surface area contributed by atoms with Gasteiger partial charge >= 0.3 is 0 Å². The van der Waals surface area contributed by atoms with E-state index in [1.165, 1.54) is 0 Å². The van der Waals surface area contributed by atoms with Gasteiger partial charge in [0.1, 0.15) is 11.6 Å². The quantitative estimate of drug-likeness (QED) is 0.932. The lowest BCUT2D eigenvalue weighted by Crippen LogP contribution is -1.98. The fourth-order valence-electron chi connectivity index (χ4n) is 1.53. The number of nitrogen functional groups attached to an aromatic ring is 1.